The maximum atomic E-state index is 14.9. The van der Waals surface area contributed by atoms with Crippen molar-refractivity contribution < 1.29 is 46.6 Å². The molecule has 0 radical (unpaired) electrons. The van der Waals surface area contributed by atoms with Crippen LogP contribution >= 0.6 is 23.2 Å². The van der Waals surface area contributed by atoms with Crippen molar-refractivity contribution in [3.63, 3.8) is 0 Å². The third-order valence-electron chi connectivity index (χ3n) is 9.76. The van der Waals surface area contributed by atoms with Crippen LogP contribution in [0.4, 0.5) is 29.3 Å². The van der Waals surface area contributed by atoms with E-state index < -0.39 is 33.6 Å². The Labute approximate surface area is 321 Å². The van der Waals surface area contributed by atoms with Gasteiger partial charge >= 0.3 is 18.2 Å². The molecule has 3 aliphatic heterocycles. The van der Waals surface area contributed by atoms with E-state index in [2.05, 4.69) is 10.6 Å². The third kappa shape index (κ3) is 8.33. The molecule has 3 amide bonds. The van der Waals surface area contributed by atoms with Gasteiger partial charge in [0.05, 0.1) is 10.6 Å². The zero-order chi connectivity index (χ0) is 38.7. The summed E-state index contributed by atoms with van der Waals surface area (Å²) in [6.07, 6.45) is -1.69. The van der Waals surface area contributed by atoms with Crippen molar-refractivity contribution in [2.75, 3.05) is 48.5 Å². The average molecular weight is 817 g/mol. The number of amides is 3. The molecule has 3 aliphatic rings. The molecule has 0 aromatic heterocycles. The van der Waals surface area contributed by atoms with Crippen LogP contribution in [0.1, 0.15) is 49.8 Å². The van der Waals surface area contributed by atoms with Gasteiger partial charge in [-0.05, 0) is 113 Å². The summed E-state index contributed by atoms with van der Waals surface area (Å²) >= 11 is 13.3. The van der Waals surface area contributed by atoms with Crippen LogP contribution in [0.5, 0.6) is 0 Å². The zero-order valence-corrected chi connectivity index (χ0v) is 31.9. The van der Waals surface area contributed by atoms with Gasteiger partial charge in [0.1, 0.15) is 0 Å². The predicted molar refractivity (Wildman–Crippen MR) is 200 cm³/mol. The van der Waals surface area contributed by atoms with Crippen LogP contribution in [0, 0.1) is 5.92 Å². The largest absolute Gasteiger partial charge is 0.490 e. The van der Waals surface area contributed by atoms with E-state index >= 15 is 0 Å². The van der Waals surface area contributed by atoms with Gasteiger partial charge in [-0.1, -0.05) is 41.4 Å². The molecule has 54 heavy (non-hydrogen) atoms. The lowest BCUT2D eigenvalue weighted by atomic mass is 9.83. The number of anilines is 2. The SMILES string of the molecule is CCN(CC)C(=O)N1CCc2cc(S(=O)(=O)N3C(=O)C(NCCC4CCNCC4)(c4ccccc4Cl)c4cc(Cl)ccc43)ccc21.O.O=C(O)C(F)(F)F. The first kappa shape index (κ1) is 42.8. The fraction of sp³-hybridized carbons (Fsp3) is 0.417. The number of alkyl halides is 3. The second-order valence-electron chi connectivity index (χ2n) is 12.8. The summed E-state index contributed by atoms with van der Waals surface area (Å²) < 4.78 is 61.7. The molecule has 0 saturated carbocycles. The van der Waals surface area contributed by atoms with Gasteiger partial charge < -0.3 is 20.8 Å². The Balaban J connectivity index is 0.000000741. The van der Waals surface area contributed by atoms with Crippen LogP contribution in [-0.4, -0.2) is 87.3 Å². The summed E-state index contributed by atoms with van der Waals surface area (Å²) in [5.74, 6) is -2.94. The number of piperidine rings is 1. The second kappa shape index (κ2) is 17.3. The van der Waals surface area contributed by atoms with E-state index in [1.807, 2.05) is 13.8 Å². The molecule has 1 saturated heterocycles. The molecule has 3 heterocycles. The van der Waals surface area contributed by atoms with Crippen LogP contribution in [0.3, 0.4) is 0 Å². The van der Waals surface area contributed by atoms with Crippen molar-refractivity contribution in [1.82, 2.24) is 15.5 Å². The van der Waals surface area contributed by atoms with E-state index in [1.54, 1.807) is 64.4 Å². The maximum absolute atomic E-state index is 14.9. The van der Waals surface area contributed by atoms with Crippen LogP contribution in [0.25, 0.3) is 0 Å². The van der Waals surface area contributed by atoms with E-state index in [9.17, 15) is 31.2 Å². The van der Waals surface area contributed by atoms with Gasteiger partial charge in [0, 0.05) is 46.5 Å². The lowest BCUT2D eigenvalue weighted by Gasteiger charge is -2.32. The van der Waals surface area contributed by atoms with Crippen molar-refractivity contribution in [2.24, 2.45) is 5.92 Å². The number of carboxylic acid groups (broad SMARTS) is 1. The number of carbonyl (C=O) groups is 3. The highest BCUT2D eigenvalue weighted by atomic mass is 35.5. The number of fused-ring (bicyclic) bond motifs is 2. The Kier molecular flexibility index (Phi) is 13.7. The van der Waals surface area contributed by atoms with Crippen molar-refractivity contribution in [3.05, 3.63) is 87.4 Å². The number of benzene rings is 3. The molecule has 6 rings (SSSR count). The van der Waals surface area contributed by atoms with Crippen LogP contribution < -0.4 is 19.8 Å². The van der Waals surface area contributed by atoms with Gasteiger partial charge in [-0.15, -0.1) is 0 Å². The lowest BCUT2D eigenvalue weighted by molar-refractivity contribution is -0.192. The van der Waals surface area contributed by atoms with Gasteiger partial charge in [0.15, 0.2) is 5.54 Å². The number of urea groups is 1. The highest BCUT2D eigenvalue weighted by molar-refractivity contribution is 7.93. The standard InChI is InChI=1S/C34H39Cl2N5O4S.C2HF3O2.H2O/c1-3-39(4-2)33(43)40-20-16-24-21-26(10-12-30(24)40)46(44,45)41-31-11-9-25(35)22-28(31)34(32(41)42,27-7-5-6-8-29(27)36)38-19-15-23-13-17-37-18-14-23;3-2(4,5)1(6)7;/h5-12,21-23,37-38H,3-4,13-20H2,1-2H3;(H,6,7);1H2. The maximum Gasteiger partial charge on any atom is 0.490 e. The number of hydrogen-bond acceptors (Lipinski definition) is 7. The predicted octanol–water partition coefficient (Wildman–Crippen LogP) is 5.58. The van der Waals surface area contributed by atoms with E-state index in [0.29, 0.717) is 65.4 Å². The summed E-state index contributed by atoms with van der Waals surface area (Å²) in [5.41, 5.74) is 0.963. The molecule has 0 spiro atoms. The van der Waals surface area contributed by atoms with Crippen molar-refractivity contribution in [2.45, 2.75) is 56.1 Å². The van der Waals surface area contributed by atoms with Gasteiger partial charge in [-0.3, -0.25) is 15.0 Å². The molecule has 294 valence electrons. The van der Waals surface area contributed by atoms with E-state index in [0.717, 1.165) is 42.2 Å². The fourth-order valence-electron chi connectivity index (χ4n) is 7.03. The lowest BCUT2D eigenvalue weighted by Crippen LogP contribution is -2.53. The van der Waals surface area contributed by atoms with Crippen LogP contribution in [0.2, 0.25) is 10.0 Å². The topological polar surface area (TPSA) is 171 Å². The average Bonchev–Trinajstić information content (AvgIpc) is 3.66. The number of carbonyl (C=O) groups excluding carboxylic acids is 2. The molecule has 12 nitrogen and oxygen atoms in total. The number of hydrogen-bond donors (Lipinski definition) is 3. The first-order valence-corrected chi connectivity index (χ1v) is 19.4. The van der Waals surface area contributed by atoms with Gasteiger partial charge in [0.2, 0.25) is 0 Å². The Morgan fingerprint density at radius 2 is 1.63 bits per heavy atom. The molecule has 18 heteroatoms. The summed E-state index contributed by atoms with van der Waals surface area (Å²) in [4.78, 5) is 40.3. The number of carboxylic acids is 1. The highest BCUT2D eigenvalue weighted by Crippen LogP contribution is 2.49. The second-order valence-corrected chi connectivity index (χ2v) is 15.5. The first-order chi connectivity index (χ1) is 25.1. The number of nitrogens with zero attached hydrogens (tertiary/aromatic N) is 3. The van der Waals surface area contributed by atoms with E-state index in [1.165, 1.54) is 6.07 Å². The minimum Gasteiger partial charge on any atom is -0.475 e. The van der Waals surface area contributed by atoms with Gasteiger partial charge in [-0.2, -0.15) is 13.2 Å². The molecular weight excluding hydrogens is 774 g/mol. The molecule has 3 aromatic carbocycles. The minimum absolute atomic E-state index is 0. The number of nitrogens with one attached hydrogen (secondary N) is 2. The molecule has 1 unspecified atom stereocenters. The molecule has 0 bridgehead atoms. The first-order valence-electron chi connectivity index (χ1n) is 17.2. The Hall–Kier alpha value is -3.93. The summed E-state index contributed by atoms with van der Waals surface area (Å²) in [7, 11) is -4.40. The minimum atomic E-state index is -5.08. The smallest absolute Gasteiger partial charge is 0.475 e. The van der Waals surface area contributed by atoms with E-state index in [4.69, 9.17) is 33.1 Å². The fourth-order valence-corrected chi connectivity index (χ4v) is 9.00. The summed E-state index contributed by atoms with van der Waals surface area (Å²) in [5, 5.41) is 14.7. The number of sulfonamides is 1. The number of aliphatic carboxylic acids is 1. The summed E-state index contributed by atoms with van der Waals surface area (Å²) in [6.45, 7) is 7.83. The highest BCUT2D eigenvalue weighted by Gasteiger charge is 2.57. The van der Waals surface area contributed by atoms with Crippen molar-refractivity contribution in [3.8, 4) is 0 Å². The van der Waals surface area contributed by atoms with Crippen molar-refractivity contribution in [1.29, 1.82) is 0 Å². The van der Waals surface area contributed by atoms with Gasteiger partial charge in [-0.25, -0.2) is 22.3 Å². The van der Waals surface area contributed by atoms with E-state index in [-0.39, 0.29) is 22.1 Å². The Morgan fingerprint density at radius 1 is 1.00 bits per heavy atom. The van der Waals surface area contributed by atoms with Crippen molar-refractivity contribution >= 4 is 62.5 Å². The Morgan fingerprint density at radius 3 is 2.24 bits per heavy atom. The molecule has 1 fully saturated rings. The van der Waals surface area contributed by atoms with Crippen LogP contribution in [0.15, 0.2) is 65.6 Å². The molecule has 0 aliphatic carbocycles. The zero-order valence-electron chi connectivity index (χ0n) is 29.6. The summed E-state index contributed by atoms with van der Waals surface area (Å²) in [6, 6.07) is 16.5. The Bertz CT molecular complexity index is 1980. The third-order valence-corrected chi connectivity index (χ3v) is 12.0. The number of halogens is 5. The molecule has 1 atom stereocenters. The quantitative estimate of drug-likeness (QED) is 0.251. The molecular formula is C36H42Cl2F3N5O7S. The molecule has 5 N–H and O–H groups in total. The molecule has 3 aromatic rings. The van der Waals surface area contributed by atoms with Gasteiger partial charge in [0.25, 0.3) is 15.9 Å². The number of rotatable bonds is 9. The van der Waals surface area contributed by atoms with Crippen LogP contribution in [-0.2, 0) is 31.6 Å². The monoisotopic (exact) mass is 815 g/mol. The normalized spacial score (nSPS) is 18.3.